The summed E-state index contributed by atoms with van der Waals surface area (Å²) in [6, 6.07) is 44.6. The van der Waals surface area contributed by atoms with E-state index in [1.807, 2.05) is 36.4 Å². The maximum atomic E-state index is 13.6. The highest BCUT2D eigenvalue weighted by Gasteiger charge is 2.21. The molecule has 0 aromatic heterocycles. The summed E-state index contributed by atoms with van der Waals surface area (Å²) < 4.78 is 10.2. The van der Waals surface area contributed by atoms with E-state index in [4.69, 9.17) is 9.47 Å². The number of anilines is 2. The van der Waals surface area contributed by atoms with E-state index in [0.29, 0.717) is 55.4 Å². The zero-order chi connectivity index (χ0) is 46.2. The first kappa shape index (κ1) is 43.6. The molecule has 0 fully saturated rings. The molecule has 66 heavy (non-hydrogen) atoms. The molecule has 0 unspecified atom stereocenters. The Balaban J connectivity index is 0.962. The van der Waals surface area contributed by atoms with Crippen LogP contribution < -0.4 is 10.6 Å². The van der Waals surface area contributed by atoms with E-state index in [9.17, 15) is 29.4 Å². The van der Waals surface area contributed by atoms with Gasteiger partial charge in [0.1, 0.15) is 11.4 Å². The van der Waals surface area contributed by atoms with E-state index >= 15 is 0 Å². The quantitative estimate of drug-likeness (QED) is 0.0647. The molecule has 0 saturated carbocycles. The number of ether oxygens (including phenoxy) is 2. The number of hydrogen-bond acceptors (Lipinski definition) is 12. The second kappa shape index (κ2) is 19.6. The third-order valence-corrected chi connectivity index (χ3v) is 10.3. The van der Waals surface area contributed by atoms with E-state index in [-0.39, 0.29) is 47.2 Å². The molecule has 14 heteroatoms. The van der Waals surface area contributed by atoms with Gasteiger partial charge in [0.2, 0.25) is 0 Å². The number of nitrogens with one attached hydrogen (secondary N) is 2. The van der Waals surface area contributed by atoms with Crippen molar-refractivity contribution in [2.75, 3.05) is 23.8 Å². The van der Waals surface area contributed by atoms with Crippen LogP contribution in [-0.2, 0) is 9.47 Å². The second-order valence-corrected chi connectivity index (χ2v) is 14.7. The maximum Gasteiger partial charge on any atom is 0.338 e. The van der Waals surface area contributed by atoms with E-state index in [1.54, 1.807) is 123 Å². The Morgan fingerprint density at radius 1 is 0.470 bits per heavy atom. The molecule has 0 spiro atoms. The van der Waals surface area contributed by atoms with Gasteiger partial charge in [-0.2, -0.15) is 10.2 Å². The standard InChI is InChI=1S/C52H40N6O8/c1-3-65-51(63)35-13-9-15-39(27-35)55-57-45-41-17-7-5-11-33(41)29-43(47(45)59)49(61)53-37-23-19-31(20-24-37)32-21-25-38(26-22-32)54-50(62)44-30-34-12-6-8-18-42(34)46(48(44)60)58-56-40-16-10-14-36(28-40)52(64)66-4-2/h5-30,59-60H,3-4H2,1-2H3,(H,53,61)(H,54,62). The third-order valence-electron chi connectivity index (χ3n) is 10.3. The van der Waals surface area contributed by atoms with Gasteiger partial charge in [0.15, 0.2) is 11.5 Å². The van der Waals surface area contributed by atoms with Crippen molar-refractivity contribution in [1.29, 1.82) is 0 Å². The summed E-state index contributed by atoms with van der Waals surface area (Å²) in [5, 5.41) is 48.1. The predicted octanol–water partition coefficient (Wildman–Crippen LogP) is 12.8. The number of rotatable bonds is 13. The molecule has 0 aliphatic heterocycles. The van der Waals surface area contributed by atoms with Gasteiger partial charge in [0, 0.05) is 22.1 Å². The number of carbonyl (C=O) groups is 4. The van der Waals surface area contributed by atoms with Gasteiger partial charge in [-0.05, 0) is 109 Å². The number of fused-ring (bicyclic) bond motifs is 2. The number of benzene rings is 8. The van der Waals surface area contributed by atoms with Crippen molar-refractivity contribution in [3.8, 4) is 22.6 Å². The normalized spacial score (nSPS) is 11.2. The molecule has 0 saturated heterocycles. The summed E-state index contributed by atoms with van der Waals surface area (Å²) in [6.07, 6.45) is 0. The van der Waals surface area contributed by atoms with Crippen molar-refractivity contribution in [1.82, 2.24) is 0 Å². The van der Waals surface area contributed by atoms with Crippen LogP contribution in [0.2, 0.25) is 0 Å². The molecule has 0 bridgehead atoms. The van der Waals surface area contributed by atoms with Gasteiger partial charge in [0.05, 0.1) is 46.8 Å². The molecule has 0 aliphatic rings. The monoisotopic (exact) mass is 876 g/mol. The highest BCUT2D eigenvalue weighted by molar-refractivity contribution is 6.13. The zero-order valence-corrected chi connectivity index (χ0v) is 35.6. The Labute approximate surface area is 377 Å². The largest absolute Gasteiger partial charge is 0.505 e. The minimum absolute atomic E-state index is 0.0135. The van der Waals surface area contributed by atoms with Crippen LogP contribution in [0, 0.1) is 0 Å². The fourth-order valence-electron chi connectivity index (χ4n) is 7.11. The molecule has 8 aromatic carbocycles. The van der Waals surface area contributed by atoms with Crippen LogP contribution in [-0.4, -0.2) is 47.2 Å². The molecular weight excluding hydrogens is 837 g/mol. The molecule has 14 nitrogen and oxygen atoms in total. The lowest BCUT2D eigenvalue weighted by Crippen LogP contribution is -2.12. The minimum Gasteiger partial charge on any atom is -0.505 e. The highest BCUT2D eigenvalue weighted by Crippen LogP contribution is 2.41. The van der Waals surface area contributed by atoms with Crippen LogP contribution in [0.4, 0.5) is 34.1 Å². The number of carbonyl (C=O) groups excluding carboxylic acids is 4. The zero-order valence-electron chi connectivity index (χ0n) is 35.6. The van der Waals surface area contributed by atoms with Gasteiger partial charge >= 0.3 is 11.9 Å². The highest BCUT2D eigenvalue weighted by atomic mass is 16.5. The summed E-state index contributed by atoms with van der Waals surface area (Å²) in [5.74, 6) is -2.86. The molecule has 0 aliphatic carbocycles. The fourth-order valence-corrected chi connectivity index (χ4v) is 7.11. The van der Waals surface area contributed by atoms with Crippen molar-refractivity contribution in [3.63, 3.8) is 0 Å². The summed E-state index contributed by atoms with van der Waals surface area (Å²) in [4.78, 5) is 51.8. The van der Waals surface area contributed by atoms with Crippen molar-refractivity contribution in [2.24, 2.45) is 20.5 Å². The number of amides is 2. The van der Waals surface area contributed by atoms with Gasteiger partial charge in [-0.1, -0.05) is 84.9 Å². The maximum absolute atomic E-state index is 13.6. The van der Waals surface area contributed by atoms with Gasteiger partial charge < -0.3 is 30.3 Å². The fraction of sp³-hybridized carbons (Fsp3) is 0.0769. The van der Waals surface area contributed by atoms with Crippen LogP contribution in [0.1, 0.15) is 55.3 Å². The van der Waals surface area contributed by atoms with Gasteiger partial charge in [0.25, 0.3) is 11.8 Å². The minimum atomic E-state index is -0.569. The first-order valence-electron chi connectivity index (χ1n) is 20.8. The van der Waals surface area contributed by atoms with Gasteiger partial charge in [-0.15, -0.1) is 10.2 Å². The van der Waals surface area contributed by atoms with Crippen LogP contribution in [0.5, 0.6) is 11.5 Å². The molecule has 8 rings (SSSR count). The average Bonchev–Trinajstić information content (AvgIpc) is 3.34. The molecule has 2 amide bonds. The SMILES string of the molecule is CCOC(=O)c1cccc(N=Nc2c(O)c(C(=O)Nc3ccc(-c4ccc(NC(=O)c5cc6ccccc6c(N=Nc6cccc(C(=O)OCC)c6)c5O)cc4)cc3)cc3ccccc23)c1. The third kappa shape index (κ3) is 9.62. The number of aromatic hydroxyl groups is 2. The number of esters is 2. The molecule has 326 valence electrons. The predicted molar refractivity (Wildman–Crippen MR) is 252 cm³/mol. The van der Waals surface area contributed by atoms with E-state index in [1.165, 1.54) is 12.1 Å². The van der Waals surface area contributed by atoms with Crippen LogP contribution in [0.25, 0.3) is 32.7 Å². The van der Waals surface area contributed by atoms with Crippen LogP contribution in [0.3, 0.4) is 0 Å². The van der Waals surface area contributed by atoms with Crippen molar-refractivity contribution in [3.05, 3.63) is 180 Å². The number of phenolic OH excluding ortho intramolecular Hbond substituents is 2. The Kier molecular flexibility index (Phi) is 12.9. The van der Waals surface area contributed by atoms with Crippen molar-refractivity contribution < 1.29 is 38.9 Å². The Morgan fingerprint density at radius 3 is 1.26 bits per heavy atom. The number of hydrogen-bond donors (Lipinski definition) is 4. The van der Waals surface area contributed by atoms with E-state index in [2.05, 4.69) is 31.1 Å². The van der Waals surface area contributed by atoms with Gasteiger partial charge in [-0.3, -0.25) is 9.59 Å². The summed E-state index contributed by atoms with van der Waals surface area (Å²) in [7, 11) is 0. The Hall–Kier alpha value is -9.04. The number of nitrogens with zero attached hydrogens (tertiary/aromatic N) is 4. The lowest BCUT2D eigenvalue weighted by Gasteiger charge is -2.12. The van der Waals surface area contributed by atoms with Crippen LogP contribution in [0.15, 0.2) is 178 Å². The topological polar surface area (TPSA) is 201 Å². The Bertz CT molecular complexity index is 3010. The Morgan fingerprint density at radius 2 is 0.864 bits per heavy atom. The summed E-state index contributed by atoms with van der Waals surface area (Å²) >= 11 is 0. The lowest BCUT2D eigenvalue weighted by atomic mass is 10.0. The first-order chi connectivity index (χ1) is 32.1. The molecule has 0 heterocycles. The number of azo groups is 2. The van der Waals surface area contributed by atoms with Crippen LogP contribution >= 0.6 is 0 Å². The molecule has 0 radical (unpaired) electrons. The van der Waals surface area contributed by atoms with E-state index in [0.717, 1.165) is 11.1 Å². The first-order valence-corrected chi connectivity index (χ1v) is 20.8. The van der Waals surface area contributed by atoms with Gasteiger partial charge in [-0.25, -0.2) is 9.59 Å². The van der Waals surface area contributed by atoms with Crippen molar-refractivity contribution >= 4 is 79.4 Å². The van der Waals surface area contributed by atoms with Crippen molar-refractivity contribution in [2.45, 2.75) is 13.8 Å². The van der Waals surface area contributed by atoms with E-state index < -0.39 is 23.8 Å². The molecule has 0 atom stereocenters. The lowest BCUT2D eigenvalue weighted by molar-refractivity contribution is 0.0517. The molecule has 4 N–H and O–H groups in total. The smallest absolute Gasteiger partial charge is 0.338 e. The molecular formula is C52H40N6O8. The number of phenols is 2. The molecule has 8 aromatic rings. The summed E-state index contributed by atoms with van der Waals surface area (Å²) in [6.45, 7) is 3.88. The second-order valence-electron chi connectivity index (χ2n) is 14.7. The average molecular weight is 877 g/mol. The summed E-state index contributed by atoms with van der Waals surface area (Å²) in [5.41, 5.74) is 4.05.